The van der Waals surface area contributed by atoms with E-state index in [-0.39, 0.29) is 18.3 Å². The van der Waals surface area contributed by atoms with E-state index in [4.69, 9.17) is 10.5 Å². The van der Waals surface area contributed by atoms with E-state index in [0.29, 0.717) is 6.42 Å². The number of carbonyl (C=O) groups is 2. The first-order valence-corrected chi connectivity index (χ1v) is 8.51. The molecule has 0 aliphatic rings. The summed E-state index contributed by atoms with van der Waals surface area (Å²) in [5.74, 6) is -0.618. The SMILES string of the molecule is CCCC(N)C(=O)NC(CC(=O)OC)c1ccc(SC)cc1. The van der Waals surface area contributed by atoms with E-state index >= 15 is 0 Å². The van der Waals surface area contributed by atoms with Crippen LogP contribution in [0, 0.1) is 0 Å². The molecule has 0 fully saturated rings. The summed E-state index contributed by atoms with van der Waals surface area (Å²) < 4.78 is 4.71. The Hall–Kier alpha value is -1.53. The molecule has 1 aromatic rings. The highest BCUT2D eigenvalue weighted by Gasteiger charge is 2.21. The van der Waals surface area contributed by atoms with Crippen LogP contribution in [0.3, 0.4) is 0 Å². The lowest BCUT2D eigenvalue weighted by atomic mass is 10.0. The number of amides is 1. The molecule has 1 rings (SSSR count). The van der Waals surface area contributed by atoms with Crippen LogP contribution in [0.1, 0.15) is 37.8 Å². The molecule has 0 aromatic heterocycles. The van der Waals surface area contributed by atoms with Gasteiger partial charge in [0, 0.05) is 4.90 Å². The van der Waals surface area contributed by atoms with Gasteiger partial charge in [0.05, 0.1) is 25.6 Å². The standard InChI is InChI=1S/C16H24N2O3S/c1-4-5-13(17)16(20)18-14(10-15(19)21-2)11-6-8-12(22-3)9-7-11/h6-9,13-14H,4-5,10,17H2,1-3H3,(H,18,20). The predicted molar refractivity (Wildman–Crippen MR) is 88.6 cm³/mol. The Labute approximate surface area is 136 Å². The van der Waals surface area contributed by atoms with Crippen LogP contribution in [0.5, 0.6) is 0 Å². The largest absolute Gasteiger partial charge is 0.469 e. The minimum atomic E-state index is -0.560. The van der Waals surface area contributed by atoms with Gasteiger partial charge in [-0.05, 0) is 30.4 Å². The van der Waals surface area contributed by atoms with Gasteiger partial charge in [-0.25, -0.2) is 0 Å². The molecule has 0 bridgehead atoms. The zero-order valence-corrected chi connectivity index (χ0v) is 14.1. The van der Waals surface area contributed by atoms with Crippen molar-refractivity contribution in [2.75, 3.05) is 13.4 Å². The maximum atomic E-state index is 12.1. The number of hydrogen-bond acceptors (Lipinski definition) is 5. The number of benzene rings is 1. The van der Waals surface area contributed by atoms with Crippen molar-refractivity contribution in [2.45, 2.75) is 43.2 Å². The lowest BCUT2D eigenvalue weighted by Gasteiger charge is -2.20. The first-order valence-electron chi connectivity index (χ1n) is 7.28. The number of carbonyl (C=O) groups excluding carboxylic acids is 2. The molecule has 0 spiro atoms. The highest BCUT2D eigenvalue weighted by atomic mass is 32.2. The van der Waals surface area contributed by atoms with E-state index < -0.39 is 12.1 Å². The molecule has 0 radical (unpaired) electrons. The second-order valence-electron chi connectivity index (χ2n) is 5.01. The Bertz CT molecular complexity index is 491. The van der Waals surface area contributed by atoms with Crippen LogP contribution in [0.4, 0.5) is 0 Å². The lowest BCUT2D eigenvalue weighted by Crippen LogP contribution is -2.42. The molecule has 1 amide bonds. The summed E-state index contributed by atoms with van der Waals surface area (Å²) >= 11 is 1.63. The van der Waals surface area contributed by atoms with E-state index in [1.54, 1.807) is 11.8 Å². The molecule has 0 aliphatic carbocycles. The van der Waals surface area contributed by atoms with Gasteiger partial charge in [-0.2, -0.15) is 0 Å². The van der Waals surface area contributed by atoms with Gasteiger partial charge in [0.15, 0.2) is 0 Å². The first-order chi connectivity index (χ1) is 10.5. The number of rotatable bonds is 8. The van der Waals surface area contributed by atoms with Crippen molar-refractivity contribution in [3.8, 4) is 0 Å². The highest BCUT2D eigenvalue weighted by Crippen LogP contribution is 2.22. The van der Waals surface area contributed by atoms with Crippen molar-refractivity contribution in [3.05, 3.63) is 29.8 Å². The van der Waals surface area contributed by atoms with Crippen LogP contribution in [-0.2, 0) is 14.3 Å². The molecule has 122 valence electrons. The van der Waals surface area contributed by atoms with Gasteiger partial charge < -0.3 is 15.8 Å². The Kier molecular flexibility index (Phi) is 7.98. The van der Waals surface area contributed by atoms with Crippen molar-refractivity contribution in [2.24, 2.45) is 5.73 Å². The molecule has 0 aliphatic heterocycles. The van der Waals surface area contributed by atoms with Crippen LogP contribution in [0.2, 0.25) is 0 Å². The summed E-state index contributed by atoms with van der Waals surface area (Å²) in [6.45, 7) is 1.97. The smallest absolute Gasteiger partial charge is 0.307 e. The number of ether oxygens (including phenoxy) is 1. The number of nitrogens with one attached hydrogen (secondary N) is 1. The Morgan fingerprint density at radius 2 is 1.95 bits per heavy atom. The van der Waals surface area contributed by atoms with Crippen LogP contribution in [0.15, 0.2) is 29.2 Å². The molecule has 2 atom stereocenters. The zero-order chi connectivity index (χ0) is 16.5. The molecule has 0 saturated carbocycles. The minimum Gasteiger partial charge on any atom is -0.469 e. The van der Waals surface area contributed by atoms with Crippen molar-refractivity contribution < 1.29 is 14.3 Å². The topological polar surface area (TPSA) is 81.4 Å². The van der Waals surface area contributed by atoms with Crippen LogP contribution in [0.25, 0.3) is 0 Å². The molecular formula is C16H24N2O3S. The molecular weight excluding hydrogens is 300 g/mol. The fourth-order valence-electron chi connectivity index (χ4n) is 2.06. The molecule has 0 saturated heterocycles. The Balaban J connectivity index is 2.87. The summed E-state index contributed by atoms with van der Waals surface area (Å²) in [4.78, 5) is 24.8. The first kappa shape index (κ1) is 18.5. The third kappa shape index (κ3) is 5.69. The van der Waals surface area contributed by atoms with Crippen molar-refractivity contribution in [3.63, 3.8) is 0 Å². The average molecular weight is 324 g/mol. The van der Waals surface area contributed by atoms with Gasteiger partial charge in [0.25, 0.3) is 0 Å². The van der Waals surface area contributed by atoms with E-state index in [0.717, 1.165) is 16.9 Å². The highest BCUT2D eigenvalue weighted by molar-refractivity contribution is 7.98. The van der Waals surface area contributed by atoms with Gasteiger partial charge in [-0.3, -0.25) is 9.59 Å². The van der Waals surface area contributed by atoms with Crippen LogP contribution < -0.4 is 11.1 Å². The third-order valence-electron chi connectivity index (χ3n) is 3.37. The quantitative estimate of drug-likeness (QED) is 0.566. The van der Waals surface area contributed by atoms with E-state index in [1.165, 1.54) is 7.11 Å². The number of hydrogen-bond donors (Lipinski definition) is 2. The van der Waals surface area contributed by atoms with Crippen molar-refractivity contribution >= 4 is 23.6 Å². The number of esters is 1. The average Bonchev–Trinajstić information content (AvgIpc) is 2.54. The van der Waals surface area contributed by atoms with Crippen molar-refractivity contribution in [1.29, 1.82) is 0 Å². The maximum Gasteiger partial charge on any atom is 0.307 e. The maximum absolute atomic E-state index is 12.1. The van der Waals surface area contributed by atoms with Gasteiger partial charge in [-0.15, -0.1) is 11.8 Å². The zero-order valence-electron chi connectivity index (χ0n) is 13.3. The monoisotopic (exact) mass is 324 g/mol. The third-order valence-corrected chi connectivity index (χ3v) is 4.11. The number of methoxy groups -OCH3 is 1. The summed E-state index contributed by atoms with van der Waals surface area (Å²) in [7, 11) is 1.33. The van der Waals surface area contributed by atoms with E-state index in [1.807, 2.05) is 37.4 Å². The van der Waals surface area contributed by atoms with E-state index in [9.17, 15) is 9.59 Å². The van der Waals surface area contributed by atoms with Gasteiger partial charge in [-0.1, -0.05) is 25.5 Å². The normalized spacial score (nSPS) is 13.3. The fraction of sp³-hybridized carbons (Fsp3) is 0.500. The minimum absolute atomic E-state index is 0.0830. The number of nitrogens with two attached hydrogens (primary N) is 1. The molecule has 5 nitrogen and oxygen atoms in total. The summed E-state index contributed by atoms with van der Waals surface area (Å²) in [6.07, 6.45) is 3.52. The summed E-state index contributed by atoms with van der Waals surface area (Å²) in [5.41, 5.74) is 6.69. The Morgan fingerprint density at radius 3 is 2.45 bits per heavy atom. The summed E-state index contributed by atoms with van der Waals surface area (Å²) in [6, 6.07) is 6.75. The molecule has 22 heavy (non-hydrogen) atoms. The van der Waals surface area contributed by atoms with E-state index in [2.05, 4.69) is 5.32 Å². The second-order valence-corrected chi connectivity index (χ2v) is 5.89. The molecule has 3 N–H and O–H groups in total. The fourth-order valence-corrected chi connectivity index (χ4v) is 2.47. The Morgan fingerprint density at radius 1 is 1.32 bits per heavy atom. The molecule has 1 aromatic carbocycles. The van der Waals surface area contributed by atoms with Crippen LogP contribution >= 0.6 is 11.8 Å². The lowest BCUT2D eigenvalue weighted by molar-refractivity contribution is -0.141. The summed E-state index contributed by atoms with van der Waals surface area (Å²) in [5, 5.41) is 2.85. The predicted octanol–water partition coefficient (Wildman–Crippen LogP) is 2.26. The second kappa shape index (κ2) is 9.48. The molecule has 6 heteroatoms. The van der Waals surface area contributed by atoms with Gasteiger partial charge >= 0.3 is 5.97 Å². The molecule has 0 heterocycles. The van der Waals surface area contributed by atoms with Gasteiger partial charge in [0.1, 0.15) is 0 Å². The van der Waals surface area contributed by atoms with Crippen LogP contribution in [-0.4, -0.2) is 31.3 Å². The molecule has 2 unspecified atom stereocenters. The number of thioether (sulfide) groups is 1. The van der Waals surface area contributed by atoms with Crippen molar-refractivity contribution in [1.82, 2.24) is 5.32 Å². The van der Waals surface area contributed by atoms with Gasteiger partial charge in [0.2, 0.25) is 5.91 Å².